The molecule has 2 aromatic rings. The van der Waals surface area contributed by atoms with Gasteiger partial charge in [-0.2, -0.15) is 0 Å². The van der Waals surface area contributed by atoms with Crippen molar-refractivity contribution in [3.63, 3.8) is 0 Å². The molecule has 0 atom stereocenters. The van der Waals surface area contributed by atoms with Crippen LogP contribution in [0.3, 0.4) is 0 Å². The minimum atomic E-state index is -0.709. The van der Waals surface area contributed by atoms with Gasteiger partial charge in [-0.05, 0) is 29.8 Å². The third kappa shape index (κ3) is 5.59. The average Bonchev–Trinajstić information content (AvgIpc) is 2.65. The van der Waals surface area contributed by atoms with Gasteiger partial charge >= 0.3 is 5.97 Å². The van der Waals surface area contributed by atoms with Gasteiger partial charge in [-0.1, -0.05) is 24.3 Å². The fourth-order valence-corrected chi connectivity index (χ4v) is 2.01. The van der Waals surface area contributed by atoms with E-state index in [0.717, 1.165) is 6.07 Å². The lowest BCUT2D eigenvalue weighted by Crippen LogP contribution is -2.43. The fourth-order valence-electron chi connectivity index (χ4n) is 2.01. The van der Waals surface area contributed by atoms with Crippen molar-refractivity contribution in [1.82, 2.24) is 10.9 Å². The Morgan fingerprint density at radius 2 is 1.77 bits per heavy atom. The van der Waals surface area contributed by atoms with E-state index >= 15 is 0 Å². The third-order valence-electron chi connectivity index (χ3n) is 3.28. The second kappa shape index (κ2) is 9.16. The number of nitrogens with one attached hydrogen (secondary N) is 2. The molecule has 0 radical (unpaired) electrons. The van der Waals surface area contributed by atoms with Gasteiger partial charge in [-0.3, -0.25) is 25.2 Å². The van der Waals surface area contributed by atoms with Gasteiger partial charge in [0.05, 0.1) is 13.5 Å². The summed E-state index contributed by atoms with van der Waals surface area (Å²) in [5, 5.41) is 0. The summed E-state index contributed by atoms with van der Waals surface area (Å²) in [5.41, 5.74) is 5.08. The van der Waals surface area contributed by atoms with Gasteiger partial charge in [0.15, 0.2) is 18.2 Å². The second-order valence-electron chi connectivity index (χ2n) is 5.17. The molecule has 0 aliphatic heterocycles. The SMILES string of the molecule is COc1ccc(CC(=O)OCC(=O)NNC(=O)c2ccccc2)cc1F. The highest BCUT2D eigenvalue weighted by Crippen LogP contribution is 2.18. The van der Waals surface area contributed by atoms with E-state index in [9.17, 15) is 18.8 Å². The number of hydrazine groups is 1. The van der Waals surface area contributed by atoms with Crippen LogP contribution in [0.25, 0.3) is 0 Å². The molecule has 0 unspecified atom stereocenters. The molecule has 0 saturated heterocycles. The summed E-state index contributed by atoms with van der Waals surface area (Å²) in [6.07, 6.45) is -0.204. The first-order valence-electron chi connectivity index (χ1n) is 7.62. The fraction of sp³-hybridized carbons (Fsp3) is 0.167. The molecule has 26 heavy (non-hydrogen) atoms. The van der Waals surface area contributed by atoms with Crippen molar-refractivity contribution in [2.75, 3.05) is 13.7 Å². The standard InChI is InChI=1S/C18H17FN2O5/c1-25-15-8-7-12(9-14(15)19)10-17(23)26-11-16(22)20-21-18(24)13-5-3-2-4-6-13/h2-9H,10-11H2,1H3,(H,20,22)(H,21,24). The molecule has 0 spiro atoms. The van der Waals surface area contributed by atoms with E-state index in [1.807, 2.05) is 0 Å². The topological polar surface area (TPSA) is 93.7 Å². The number of benzene rings is 2. The molecule has 2 N–H and O–H groups in total. The summed E-state index contributed by atoms with van der Waals surface area (Å²) in [6.45, 7) is -0.577. The number of hydrogen-bond acceptors (Lipinski definition) is 5. The molecule has 0 aliphatic rings. The third-order valence-corrected chi connectivity index (χ3v) is 3.28. The van der Waals surface area contributed by atoms with Crippen molar-refractivity contribution in [3.05, 3.63) is 65.5 Å². The van der Waals surface area contributed by atoms with Gasteiger partial charge < -0.3 is 9.47 Å². The first kappa shape index (κ1) is 18.9. The first-order chi connectivity index (χ1) is 12.5. The van der Waals surface area contributed by atoms with Crippen LogP contribution in [0, 0.1) is 5.82 Å². The van der Waals surface area contributed by atoms with Crippen molar-refractivity contribution in [1.29, 1.82) is 0 Å². The summed E-state index contributed by atoms with van der Waals surface area (Å²) < 4.78 is 23.1. The highest BCUT2D eigenvalue weighted by atomic mass is 19.1. The molecule has 0 aliphatic carbocycles. The van der Waals surface area contributed by atoms with E-state index in [-0.39, 0.29) is 12.2 Å². The molecule has 2 amide bonds. The zero-order valence-corrected chi connectivity index (χ0v) is 14.0. The maximum absolute atomic E-state index is 13.5. The maximum atomic E-state index is 13.5. The number of hydrogen-bond donors (Lipinski definition) is 2. The van der Waals surface area contributed by atoms with Crippen LogP contribution in [0.15, 0.2) is 48.5 Å². The molecule has 2 aromatic carbocycles. The monoisotopic (exact) mass is 360 g/mol. The molecule has 0 bridgehead atoms. The lowest BCUT2D eigenvalue weighted by molar-refractivity contribution is -0.148. The molecule has 8 heteroatoms. The predicted molar refractivity (Wildman–Crippen MR) is 89.7 cm³/mol. The number of ether oxygens (including phenoxy) is 2. The van der Waals surface area contributed by atoms with Crippen LogP contribution in [0.2, 0.25) is 0 Å². The molecule has 0 fully saturated rings. The Hall–Kier alpha value is -3.42. The van der Waals surface area contributed by atoms with Gasteiger partial charge in [0, 0.05) is 5.56 Å². The van der Waals surface area contributed by atoms with E-state index < -0.39 is 30.2 Å². The zero-order chi connectivity index (χ0) is 18.9. The normalized spacial score (nSPS) is 9.92. The van der Waals surface area contributed by atoms with Crippen LogP contribution >= 0.6 is 0 Å². The molecule has 0 aromatic heterocycles. The Labute approximate surface area is 149 Å². The van der Waals surface area contributed by atoms with Gasteiger partial charge in [0.25, 0.3) is 11.8 Å². The van der Waals surface area contributed by atoms with Crippen molar-refractivity contribution >= 4 is 17.8 Å². The number of methoxy groups -OCH3 is 1. The number of carbonyl (C=O) groups is 3. The summed E-state index contributed by atoms with van der Waals surface area (Å²) in [6, 6.07) is 12.3. The first-order valence-corrected chi connectivity index (χ1v) is 7.62. The smallest absolute Gasteiger partial charge is 0.310 e. The number of amides is 2. The zero-order valence-electron chi connectivity index (χ0n) is 14.0. The largest absolute Gasteiger partial charge is 0.494 e. The summed E-state index contributed by atoms with van der Waals surface area (Å²) >= 11 is 0. The lowest BCUT2D eigenvalue weighted by Gasteiger charge is -2.08. The molecule has 0 heterocycles. The molecule has 136 valence electrons. The highest BCUT2D eigenvalue weighted by molar-refractivity contribution is 5.95. The van der Waals surface area contributed by atoms with E-state index in [2.05, 4.69) is 10.9 Å². The molecular formula is C18H17FN2O5. The Balaban J connectivity index is 1.74. The Kier molecular flexibility index (Phi) is 6.67. The van der Waals surface area contributed by atoms with Crippen LogP contribution in [0.5, 0.6) is 5.75 Å². The van der Waals surface area contributed by atoms with E-state index in [1.165, 1.54) is 19.2 Å². The predicted octanol–water partition coefficient (Wildman–Crippen LogP) is 1.38. The van der Waals surface area contributed by atoms with Crippen molar-refractivity contribution in [2.45, 2.75) is 6.42 Å². The number of halogens is 1. The van der Waals surface area contributed by atoms with Gasteiger partial charge in [0.2, 0.25) is 0 Å². The number of esters is 1. The number of rotatable bonds is 6. The molecule has 0 saturated carbocycles. The summed E-state index contributed by atoms with van der Waals surface area (Å²) in [5.74, 6) is -2.45. The summed E-state index contributed by atoms with van der Waals surface area (Å²) in [7, 11) is 1.33. The van der Waals surface area contributed by atoms with Crippen molar-refractivity contribution < 1.29 is 28.2 Å². The highest BCUT2D eigenvalue weighted by Gasteiger charge is 2.12. The minimum Gasteiger partial charge on any atom is -0.494 e. The average molecular weight is 360 g/mol. The van der Waals surface area contributed by atoms with E-state index in [4.69, 9.17) is 9.47 Å². The lowest BCUT2D eigenvalue weighted by atomic mass is 10.1. The minimum absolute atomic E-state index is 0.0654. The second-order valence-corrected chi connectivity index (χ2v) is 5.17. The van der Waals surface area contributed by atoms with Crippen LogP contribution in [0.4, 0.5) is 4.39 Å². The Morgan fingerprint density at radius 3 is 2.42 bits per heavy atom. The van der Waals surface area contributed by atoms with Crippen LogP contribution in [-0.2, 0) is 20.7 Å². The van der Waals surface area contributed by atoms with Crippen LogP contribution in [-0.4, -0.2) is 31.5 Å². The quantitative estimate of drug-likeness (QED) is 0.600. The molecular weight excluding hydrogens is 343 g/mol. The van der Waals surface area contributed by atoms with Crippen molar-refractivity contribution in [3.8, 4) is 5.75 Å². The Morgan fingerprint density at radius 1 is 1.04 bits per heavy atom. The van der Waals surface area contributed by atoms with Gasteiger partial charge in [0.1, 0.15) is 0 Å². The van der Waals surface area contributed by atoms with Gasteiger partial charge in [-0.15, -0.1) is 0 Å². The van der Waals surface area contributed by atoms with E-state index in [0.29, 0.717) is 11.1 Å². The van der Waals surface area contributed by atoms with Crippen LogP contribution < -0.4 is 15.6 Å². The van der Waals surface area contributed by atoms with Crippen molar-refractivity contribution in [2.24, 2.45) is 0 Å². The molecule has 2 rings (SSSR count). The summed E-state index contributed by atoms with van der Waals surface area (Å²) in [4.78, 5) is 35.0. The maximum Gasteiger partial charge on any atom is 0.310 e. The number of carbonyl (C=O) groups excluding carboxylic acids is 3. The van der Waals surface area contributed by atoms with Crippen LogP contribution in [0.1, 0.15) is 15.9 Å². The molecule has 7 nitrogen and oxygen atoms in total. The van der Waals surface area contributed by atoms with Gasteiger partial charge in [-0.25, -0.2) is 4.39 Å². The Bertz CT molecular complexity index is 795. The van der Waals surface area contributed by atoms with E-state index in [1.54, 1.807) is 30.3 Å².